The molecule has 1 aromatic heterocycles. The maximum Gasteiger partial charge on any atom is 0.299 e. The smallest absolute Gasteiger partial charge is 0.299 e. The number of rotatable bonds is 4. The molecule has 7 heteroatoms. The van der Waals surface area contributed by atoms with Crippen LogP contribution < -0.4 is 4.90 Å². The highest BCUT2D eigenvalue weighted by atomic mass is 79.9. The van der Waals surface area contributed by atoms with Crippen molar-refractivity contribution in [2.75, 3.05) is 11.4 Å². The zero-order valence-electron chi connectivity index (χ0n) is 12.4. The summed E-state index contributed by atoms with van der Waals surface area (Å²) in [6.45, 7) is 2.43. The second-order valence-corrected chi connectivity index (χ2v) is 5.68. The molecule has 0 aliphatic heterocycles. The van der Waals surface area contributed by atoms with Crippen LogP contribution in [0.1, 0.15) is 17.5 Å². The van der Waals surface area contributed by atoms with Gasteiger partial charge in [0, 0.05) is 16.7 Å². The maximum absolute atomic E-state index is 12.6. The predicted molar refractivity (Wildman–Crippen MR) is 90.6 cm³/mol. The van der Waals surface area contributed by atoms with Gasteiger partial charge in [-0.1, -0.05) is 34.1 Å². The Morgan fingerprint density at radius 2 is 1.83 bits per heavy atom. The van der Waals surface area contributed by atoms with Crippen LogP contribution in [0.5, 0.6) is 0 Å². The molecule has 0 unspecified atom stereocenters. The van der Waals surface area contributed by atoms with E-state index in [2.05, 4.69) is 31.3 Å². The van der Waals surface area contributed by atoms with E-state index in [0.29, 0.717) is 6.54 Å². The second kappa shape index (κ2) is 6.70. The fraction of sp³-hybridized carbons (Fsp3) is 0.125. The summed E-state index contributed by atoms with van der Waals surface area (Å²) in [5.41, 5.74) is 1.54. The molecule has 0 N–H and O–H groups in total. The van der Waals surface area contributed by atoms with Crippen molar-refractivity contribution in [3.05, 3.63) is 64.9 Å². The third-order valence-electron chi connectivity index (χ3n) is 3.29. The number of carbonyl (C=O) groups is 1. The first-order valence-corrected chi connectivity index (χ1v) is 7.91. The van der Waals surface area contributed by atoms with E-state index >= 15 is 0 Å². The van der Waals surface area contributed by atoms with Gasteiger partial charge < -0.3 is 4.90 Å². The van der Waals surface area contributed by atoms with Crippen molar-refractivity contribution < 1.29 is 4.79 Å². The topological polar surface area (TPSA) is 63.9 Å². The molecule has 2 aromatic carbocycles. The Bertz CT molecular complexity index is 801. The molecule has 3 rings (SSSR count). The first-order valence-electron chi connectivity index (χ1n) is 7.12. The van der Waals surface area contributed by atoms with E-state index in [4.69, 9.17) is 0 Å². The predicted octanol–water partition coefficient (Wildman–Crippen LogP) is 3.09. The van der Waals surface area contributed by atoms with Crippen LogP contribution in [0.4, 0.5) is 5.69 Å². The number of nitrogens with zero attached hydrogens (tertiary/aromatic N) is 5. The fourth-order valence-electron chi connectivity index (χ4n) is 2.16. The Morgan fingerprint density at radius 1 is 1.13 bits per heavy atom. The molecule has 0 aliphatic carbocycles. The van der Waals surface area contributed by atoms with Crippen molar-refractivity contribution in [3.8, 4) is 5.69 Å². The van der Waals surface area contributed by atoms with E-state index in [9.17, 15) is 4.79 Å². The number of anilines is 1. The Morgan fingerprint density at radius 3 is 2.48 bits per heavy atom. The van der Waals surface area contributed by atoms with Crippen LogP contribution in [0.25, 0.3) is 5.69 Å². The number of carbonyl (C=O) groups excluding carboxylic acids is 1. The normalized spacial score (nSPS) is 10.5. The summed E-state index contributed by atoms with van der Waals surface area (Å²) in [7, 11) is 0. The molecule has 1 amide bonds. The first kappa shape index (κ1) is 15.4. The molecular weight excluding hydrogens is 358 g/mol. The van der Waals surface area contributed by atoms with Gasteiger partial charge in [-0.05, 0) is 48.5 Å². The van der Waals surface area contributed by atoms with E-state index in [0.717, 1.165) is 15.8 Å². The Hall–Kier alpha value is -2.54. The Balaban J connectivity index is 1.87. The molecule has 0 spiro atoms. The minimum absolute atomic E-state index is 0.0682. The van der Waals surface area contributed by atoms with Gasteiger partial charge in [0.25, 0.3) is 11.7 Å². The van der Waals surface area contributed by atoms with Gasteiger partial charge in [-0.3, -0.25) is 4.79 Å². The highest BCUT2D eigenvalue weighted by Gasteiger charge is 2.21. The molecule has 116 valence electrons. The molecule has 0 saturated heterocycles. The zero-order valence-corrected chi connectivity index (χ0v) is 14.0. The number of hydrogen-bond donors (Lipinski definition) is 0. The van der Waals surface area contributed by atoms with Gasteiger partial charge in [-0.15, -0.1) is 15.0 Å². The van der Waals surface area contributed by atoms with Crippen LogP contribution in [0, 0.1) is 0 Å². The maximum atomic E-state index is 12.6. The summed E-state index contributed by atoms with van der Waals surface area (Å²) in [6, 6.07) is 16.9. The molecule has 0 radical (unpaired) electrons. The van der Waals surface area contributed by atoms with Crippen molar-refractivity contribution >= 4 is 27.5 Å². The zero-order chi connectivity index (χ0) is 16.2. The summed E-state index contributed by atoms with van der Waals surface area (Å²) in [6.07, 6.45) is 0. The lowest BCUT2D eigenvalue weighted by Crippen LogP contribution is -2.31. The minimum atomic E-state index is -0.276. The standard InChI is InChI=1S/C16H14BrN5O/c1-2-21(13-6-4-3-5-7-13)16(23)15-18-20-22(19-15)14-10-8-12(17)9-11-14/h3-11H,2H2,1H3. The molecule has 23 heavy (non-hydrogen) atoms. The largest absolute Gasteiger partial charge is 0.306 e. The Labute approximate surface area is 141 Å². The molecule has 6 nitrogen and oxygen atoms in total. The monoisotopic (exact) mass is 371 g/mol. The van der Waals surface area contributed by atoms with E-state index in [1.165, 1.54) is 4.80 Å². The van der Waals surface area contributed by atoms with Gasteiger partial charge >= 0.3 is 0 Å². The number of para-hydroxylation sites is 1. The van der Waals surface area contributed by atoms with Crippen LogP contribution in [-0.2, 0) is 0 Å². The lowest BCUT2D eigenvalue weighted by atomic mass is 10.3. The summed E-state index contributed by atoms with van der Waals surface area (Å²) in [4.78, 5) is 15.6. The summed E-state index contributed by atoms with van der Waals surface area (Å²) in [5, 5.41) is 12.0. The van der Waals surface area contributed by atoms with Gasteiger partial charge in [0.05, 0.1) is 5.69 Å². The van der Waals surface area contributed by atoms with E-state index in [-0.39, 0.29) is 11.7 Å². The van der Waals surface area contributed by atoms with Gasteiger partial charge in [-0.25, -0.2) is 0 Å². The SMILES string of the molecule is CCN(C(=O)c1nnn(-c2ccc(Br)cc2)n1)c1ccccc1. The average molecular weight is 372 g/mol. The summed E-state index contributed by atoms with van der Waals surface area (Å²) < 4.78 is 0.957. The fourth-order valence-corrected chi connectivity index (χ4v) is 2.42. The summed E-state index contributed by atoms with van der Waals surface area (Å²) >= 11 is 3.37. The van der Waals surface area contributed by atoms with Gasteiger partial charge in [0.15, 0.2) is 0 Å². The van der Waals surface area contributed by atoms with Gasteiger partial charge in [0.1, 0.15) is 0 Å². The van der Waals surface area contributed by atoms with Crippen molar-refractivity contribution in [1.82, 2.24) is 20.2 Å². The molecule has 0 atom stereocenters. The van der Waals surface area contributed by atoms with Crippen LogP contribution in [0.2, 0.25) is 0 Å². The minimum Gasteiger partial charge on any atom is -0.306 e. The highest BCUT2D eigenvalue weighted by Crippen LogP contribution is 2.16. The van der Waals surface area contributed by atoms with Crippen molar-refractivity contribution in [3.63, 3.8) is 0 Å². The summed E-state index contributed by atoms with van der Waals surface area (Å²) in [5.74, 6) is -0.208. The third kappa shape index (κ3) is 3.29. The molecule has 0 saturated carbocycles. The van der Waals surface area contributed by atoms with Crippen LogP contribution in [0.3, 0.4) is 0 Å². The lowest BCUT2D eigenvalue weighted by molar-refractivity contribution is 0.0978. The lowest BCUT2D eigenvalue weighted by Gasteiger charge is -2.18. The molecular formula is C16H14BrN5O. The molecule has 0 bridgehead atoms. The number of tetrazole rings is 1. The average Bonchev–Trinajstić information content (AvgIpc) is 3.07. The quantitative estimate of drug-likeness (QED) is 0.706. The van der Waals surface area contributed by atoms with Crippen molar-refractivity contribution in [2.45, 2.75) is 6.92 Å². The highest BCUT2D eigenvalue weighted by molar-refractivity contribution is 9.10. The van der Waals surface area contributed by atoms with E-state index in [1.807, 2.05) is 61.5 Å². The third-order valence-corrected chi connectivity index (χ3v) is 3.82. The van der Waals surface area contributed by atoms with Crippen LogP contribution in [0.15, 0.2) is 59.1 Å². The number of hydrogen-bond acceptors (Lipinski definition) is 4. The Kier molecular flexibility index (Phi) is 4.47. The van der Waals surface area contributed by atoms with Crippen molar-refractivity contribution in [2.24, 2.45) is 0 Å². The van der Waals surface area contributed by atoms with E-state index < -0.39 is 0 Å². The van der Waals surface area contributed by atoms with Gasteiger partial charge in [-0.2, -0.15) is 0 Å². The van der Waals surface area contributed by atoms with E-state index in [1.54, 1.807) is 4.90 Å². The van der Waals surface area contributed by atoms with Gasteiger partial charge in [0.2, 0.25) is 0 Å². The first-order chi connectivity index (χ1) is 11.2. The molecule has 3 aromatic rings. The molecule has 0 fully saturated rings. The van der Waals surface area contributed by atoms with Crippen LogP contribution >= 0.6 is 15.9 Å². The molecule has 1 heterocycles. The number of halogens is 1. The number of aromatic nitrogens is 4. The second-order valence-electron chi connectivity index (χ2n) is 4.76. The van der Waals surface area contributed by atoms with Crippen molar-refractivity contribution in [1.29, 1.82) is 0 Å². The van der Waals surface area contributed by atoms with Crippen LogP contribution in [-0.4, -0.2) is 32.7 Å². The number of benzene rings is 2. The molecule has 0 aliphatic rings. The number of amides is 1.